The molecule has 1 N–H and O–H groups in total. The van der Waals surface area contributed by atoms with Gasteiger partial charge in [-0.15, -0.1) is 0 Å². The molecular weight excluding hydrogens is 356 g/mol. The number of nitrogens with zero attached hydrogens (tertiary/aromatic N) is 1. The van der Waals surface area contributed by atoms with Crippen molar-refractivity contribution >= 4 is 17.6 Å². The molecule has 1 saturated heterocycles. The minimum Gasteiger partial charge on any atom is -0.455 e. The molecule has 4 rings (SSSR count). The van der Waals surface area contributed by atoms with Crippen molar-refractivity contribution in [2.45, 2.75) is 51.9 Å². The van der Waals surface area contributed by atoms with E-state index in [1.807, 2.05) is 45.0 Å². The first-order valence-electron chi connectivity index (χ1n) is 9.46. The molecule has 2 aliphatic heterocycles. The average Bonchev–Trinajstić information content (AvgIpc) is 3.09. The van der Waals surface area contributed by atoms with Crippen molar-refractivity contribution in [1.29, 1.82) is 0 Å². The van der Waals surface area contributed by atoms with Gasteiger partial charge in [0.1, 0.15) is 11.3 Å². The maximum atomic E-state index is 12.9. The van der Waals surface area contributed by atoms with E-state index in [9.17, 15) is 9.59 Å². The van der Waals surface area contributed by atoms with Gasteiger partial charge in [0.2, 0.25) is 0 Å². The van der Waals surface area contributed by atoms with E-state index in [1.165, 1.54) is 4.90 Å². The molecular formula is C22H24N2O4. The summed E-state index contributed by atoms with van der Waals surface area (Å²) in [5.74, 6) is 0.803. The maximum absolute atomic E-state index is 12.9. The van der Waals surface area contributed by atoms with E-state index in [1.54, 1.807) is 25.1 Å². The Labute approximate surface area is 164 Å². The van der Waals surface area contributed by atoms with Gasteiger partial charge in [-0.1, -0.05) is 25.1 Å². The number of amides is 3. The van der Waals surface area contributed by atoms with Gasteiger partial charge in [0.05, 0.1) is 17.9 Å². The van der Waals surface area contributed by atoms with Crippen LogP contribution in [-0.4, -0.2) is 17.5 Å². The predicted molar refractivity (Wildman–Crippen MR) is 105 cm³/mol. The molecule has 6 nitrogen and oxygen atoms in total. The van der Waals surface area contributed by atoms with Crippen LogP contribution in [0.15, 0.2) is 42.5 Å². The summed E-state index contributed by atoms with van der Waals surface area (Å²) in [5.41, 5.74) is 1.37. The number of hydrogen-bond donors (Lipinski definition) is 1. The highest BCUT2D eigenvalue weighted by Gasteiger charge is 2.48. The summed E-state index contributed by atoms with van der Waals surface area (Å²) >= 11 is 0. The number of rotatable bonds is 4. The monoisotopic (exact) mass is 380 g/mol. The van der Waals surface area contributed by atoms with Crippen LogP contribution >= 0.6 is 0 Å². The van der Waals surface area contributed by atoms with Crippen LogP contribution in [0.3, 0.4) is 0 Å². The van der Waals surface area contributed by atoms with Gasteiger partial charge < -0.3 is 14.8 Å². The van der Waals surface area contributed by atoms with Gasteiger partial charge in [-0.3, -0.25) is 4.79 Å². The fourth-order valence-corrected chi connectivity index (χ4v) is 3.64. The largest absolute Gasteiger partial charge is 0.455 e. The number of carbonyl (C=O) groups is 2. The summed E-state index contributed by atoms with van der Waals surface area (Å²) < 4.78 is 11.9. The van der Waals surface area contributed by atoms with Crippen LogP contribution in [0.25, 0.3) is 0 Å². The number of imide groups is 1. The molecule has 0 saturated carbocycles. The van der Waals surface area contributed by atoms with E-state index in [2.05, 4.69) is 5.32 Å². The quantitative estimate of drug-likeness (QED) is 0.795. The lowest BCUT2D eigenvalue weighted by molar-refractivity contribution is -0.121. The summed E-state index contributed by atoms with van der Waals surface area (Å²) in [4.78, 5) is 26.6. The maximum Gasteiger partial charge on any atom is 0.329 e. The van der Waals surface area contributed by atoms with Gasteiger partial charge in [-0.25, -0.2) is 9.69 Å². The fourth-order valence-electron chi connectivity index (χ4n) is 3.64. The van der Waals surface area contributed by atoms with Crippen molar-refractivity contribution in [3.63, 3.8) is 0 Å². The van der Waals surface area contributed by atoms with Crippen molar-refractivity contribution in [3.8, 4) is 11.5 Å². The number of hydrogen-bond acceptors (Lipinski definition) is 4. The molecule has 2 aliphatic rings. The molecule has 0 unspecified atom stereocenters. The van der Waals surface area contributed by atoms with E-state index in [-0.39, 0.29) is 11.5 Å². The second-order valence-corrected chi connectivity index (χ2v) is 7.94. The minimum absolute atomic E-state index is 0.278. The topological polar surface area (TPSA) is 67.9 Å². The summed E-state index contributed by atoms with van der Waals surface area (Å²) in [6.07, 6.45) is 0.511. The van der Waals surface area contributed by atoms with Crippen molar-refractivity contribution in [3.05, 3.63) is 53.6 Å². The molecule has 2 heterocycles. The summed E-state index contributed by atoms with van der Waals surface area (Å²) in [6.45, 7) is 8.24. The number of para-hydroxylation sites is 2. The van der Waals surface area contributed by atoms with Crippen LogP contribution in [0, 0.1) is 0 Å². The minimum atomic E-state index is -0.904. The second kappa shape index (κ2) is 6.34. The highest BCUT2D eigenvalue weighted by atomic mass is 16.5. The standard InChI is InChI=1S/C22H24N2O4/c1-5-22(4)19(25)24(20(26)23-22)17-8-6-7-9-18(17)28-15-11-10-14-13-27-21(2,3)16(14)12-15/h6-12H,5,13H2,1-4H3,(H,23,26)/t22-/m1/s1. The lowest BCUT2D eigenvalue weighted by Crippen LogP contribution is -2.43. The number of fused-ring (bicyclic) bond motifs is 1. The normalized spacial score (nSPS) is 22.9. The molecule has 3 amide bonds. The molecule has 6 heteroatoms. The lowest BCUT2D eigenvalue weighted by atomic mass is 9.96. The van der Waals surface area contributed by atoms with Crippen molar-refractivity contribution in [2.24, 2.45) is 0 Å². The molecule has 0 aromatic heterocycles. The molecule has 0 aliphatic carbocycles. The zero-order valence-electron chi connectivity index (χ0n) is 16.5. The van der Waals surface area contributed by atoms with Crippen molar-refractivity contribution in [1.82, 2.24) is 5.32 Å². The summed E-state index contributed by atoms with van der Waals surface area (Å²) in [7, 11) is 0. The molecule has 2 aromatic carbocycles. The van der Waals surface area contributed by atoms with Gasteiger partial charge in [0, 0.05) is 0 Å². The number of carbonyl (C=O) groups excluding carboxylic acids is 2. The van der Waals surface area contributed by atoms with Gasteiger partial charge >= 0.3 is 6.03 Å². The molecule has 0 spiro atoms. The molecule has 0 bridgehead atoms. The molecule has 146 valence electrons. The summed E-state index contributed by atoms with van der Waals surface area (Å²) in [5, 5.41) is 2.78. The number of anilines is 1. The third-order valence-corrected chi connectivity index (χ3v) is 5.62. The Morgan fingerprint density at radius 1 is 1.14 bits per heavy atom. The molecule has 28 heavy (non-hydrogen) atoms. The Morgan fingerprint density at radius 3 is 2.61 bits per heavy atom. The van der Waals surface area contributed by atoms with Crippen molar-refractivity contribution in [2.75, 3.05) is 4.90 Å². The molecule has 1 fully saturated rings. The average molecular weight is 380 g/mol. The highest BCUT2D eigenvalue weighted by Crippen LogP contribution is 2.40. The van der Waals surface area contributed by atoms with E-state index < -0.39 is 11.6 Å². The van der Waals surface area contributed by atoms with Crippen molar-refractivity contribution < 1.29 is 19.1 Å². The lowest BCUT2D eigenvalue weighted by Gasteiger charge is -2.21. The zero-order valence-corrected chi connectivity index (χ0v) is 16.5. The third-order valence-electron chi connectivity index (χ3n) is 5.62. The Bertz CT molecular complexity index is 969. The zero-order chi connectivity index (χ0) is 20.1. The highest BCUT2D eigenvalue weighted by molar-refractivity contribution is 6.23. The van der Waals surface area contributed by atoms with E-state index in [0.29, 0.717) is 30.2 Å². The second-order valence-electron chi connectivity index (χ2n) is 7.94. The van der Waals surface area contributed by atoms with Gasteiger partial charge in [-0.2, -0.15) is 0 Å². The smallest absolute Gasteiger partial charge is 0.329 e. The van der Waals surface area contributed by atoms with Crippen LogP contribution in [0.4, 0.5) is 10.5 Å². The molecule has 0 radical (unpaired) electrons. The van der Waals surface area contributed by atoms with E-state index in [0.717, 1.165) is 11.1 Å². The van der Waals surface area contributed by atoms with Gasteiger partial charge in [0.15, 0.2) is 5.75 Å². The van der Waals surface area contributed by atoms with Crippen LogP contribution in [0.2, 0.25) is 0 Å². The number of benzene rings is 2. The first-order valence-corrected chi connectivity index (χ1v) is 9.46. The Kier molecular flexibility index (Phi) is 4.19. The fraction of sp³-hybridized carbons (Fsp3) is 0.364. The van der Waals surface area contributed by atoms with E-state index in [4.69, 9.17) is 9.47 Å². The number of urea groups is 1. The van der Waals surface area contributed by atoms with Crippen LogP contribution < -0.4 is 15.0 Å². The van der Waals surface area contributed by atoms with Crippen LogP contribution in [0.5, 0.6) is 11.5 Å². The number of ether oxygens (including phenoxy) is 2. The molecule has 1 atom stereocenters. The third kappa shape index (κ3) is 2.85. The van der Waals surface area contributed by atoms with Crippen LogP contribution in [-0.2, 0) is 21.7 Å². The molecule has 2 aromatic rings. The Hall–Kier alpha value is -2.86. The number of nitrogens with one attached hydrogen (secondary N) is 1. The van der Waals surface area contributed by atoms with Gasteiger partial charge in [0.25, 0.3) is 5.91 Å². The predicted octanol–water partition coefficient (Wildman–Crippen LogP) is 4.47. The Morgan fingerprint density at radius 2 is 1.89 bits per heavy atom. The first kappa shape index (κ1) is 18.5. The van der Waals surface area contributed by atoms with E-state index >= 15 is 0 Å². The van der Waals surface area contributed by atoms with Gasteiger partial charge in [-0.05, 0) is 62.6 Å². The van der Waals surface area contributed by atoms with Crippen LogP contribution in [0.1, 0.15) is 45.2 Å². The summed E-state index contributed by atoms with van der Waals surface area (Å²) in [6, 6.07) is 12.5. The first-order chi connectivity index (χ1) is 13.2. The SMILES string of the molecule is CC[C@@]1(C)NC(=O)N(c2ccccc2Oc2ccc3c(c2)C(C)(C)OC3)C1=O. The Balaban J connectivity index is 1.69.